The summed E-state index contributed by atoms with van der Waals surface area (Å²) in [5.41, 5.74) is 2.02. The van der Waals surface area contributed by atoms with Crippen molar-refractivity contribution < 1.29 is 34.0 Å². The van der Waals surface area contributed by atoms with Crippen LogP contribution in [0.3, 0.4) is 0 Å². The number of hydrogen-bond donors (Lipinski definition) is 3. The number of aliphatic hydroxyl groups is 1. The number of halogens is 1. The maximum absolute atomic E-state index is 11.3. The normalized spacial score (nSPS) is 11.2. The largest absolute Gasteiger partial charge is 0.491 e. The van der Waals surface area contributed by atoms with E-state index in [4.69, 9.17) is 36.0 Å². The molecule has 0 aliphatic carbocycles. The van der Waals surface area contributed by atoms with Gasteiger partial charge in [-0.1, -0.05) is 35.9 Å². The van der Waals surface area contributed by atoms with Crippen molar-refractivity contribution in [3.63, 3.8) is 0 Å². The van der Waals surface area contributed by atoms with Crippen molar-refractivity contribution in [1.82, 2.24) is 5.32 Å². The van der Waals surface area contributed by atoms with Gasteiger partial charge in [-0.25, -0.2) is 9.59 Å². The number of carboxylic acids is 1. The van der Waals surface area contributed by atoms with Crippen LogP contribution in [0.25, 0.3) is 0 Å². The van der Waals surface area contributed by atoms with Crippen LogP contribution in [0.5, 0.6) is 5.75 Å². The van der Waals surface area contributed by atoms with Gasteiger partial charge >= 0.3 is 11.9 Å². The Morgan fingerprint density at radius 2 is 1.79 bits per heavy atom. The van der Waals surface area contributed by atoms with Crippen LogP contribution < -0.4 is 10.1 Å². The van der Waals surface area contributed by atoms with Crippen molar-refractivity contribution in [3.8, 4) is 5.75 Å². The van der Waals surface area contributed by atoms with Crippen molar-refractivity contribution >= 4 is 23.5 Å². The highest BCUT2D eigenvalue weighted by Crippen LogP contribution is 2.20. The van der Waals surface area contributed by atoms with E-state index in [0.717, 1.165) is 23.3 Å². The number of nitrogens with one attached hydrogen (secondary N) is 1. The number of carboxylic acid groups (broad SMARTS) is 1. The average Bonchev–Trinajstić information content (AvgIpc) is 2.82. The highest BCUT2D eigenvalue weighted by Gasteiger charge is 2.18. The van der Waals surface area contributed by atoms with E-state index < -0.39 is 11.9 Å². The predicted octanol–water partition coefficient (Wildman–Crippen LogP) is 3.30. The number of benzene rings is 2. The Bertz CT molecular complexity index is 845. The molecule has 0 spiro atoms. The van der Waals surface area contributed by atoms with Gasteiger partial charge in [0, 0.05) is 30.7 Å². The second kappa shape index (κ2) is 17.8. The highest BCUT2D eigenvalue weighted by atomic mass is 35.5. The van der Waals surface area contributed by atoms with Gasteiger partial charge in [0.25, 0.3) is 0 Å². The first-order valence-electron chi connectivity index (χ1n) is 11.2. The van der Waals surface area contributed by atoms with Gasteiger partial charge in [-0.3, -0.25) is 0 Å². The number of hydrogen-bond acceptors (Lipinski definition) is 7. The van der Waals surface area contributed by atoms with Gasteiger partial charge in [0.05, 0.1) is 13.2 Å². The molecular weight excluding hydrogens is 462 g/mol. The van der Waals surface area contributed by atoms with E-state index >= 15 is 0 Å². The summed E-state index contributed by atoms with van der Waals surface area (Å²) in [6.07, 6.45) is 0.802. The third-order valence-electron chi connectivity index (χ3n) is 4.52. The Morgan fingerprint density at radius 1 is 1.09 bits per heavy atom. The van der Waals surface area contributed by atoms with E-state index in [9.17, 15) is 9.59 Å². The molecule has 0 aliphatic heterocycles. The summed E-state index contributed by atoms with van der Waals surface area (Å²) in [4.78, 5) is 22.0. The van der Waals surface area contributed by atoms with Gasteiger partial charge in [-0.2, -0.15) is 0 Å². The zero-order valence-electron chi connectivity index (χ0n) is 19.7. The van der Waals surface area contributed by atoms with Gasteiger partial charge in [0.2, 0.25) is 0 Å². The molecule has 0 fully saturated rings. The molecule has 3 N–H and O–H groups in total. The summed E-state index contributed by atoms with van der Waals surface area (Å²) in [5, 5.41) is 20.2. The molecule has 0 heterocycles. The first kappa shape index (κ1) is 29.4. The number of ether oxygens (including phenoxy) is 3. The lowest BCUT2D eigenvalue weighted by Crippen LogP contribution is -2.28. The van der Waals surface area contributed by atoms with Gasteiger partial charge in [0.15, 0.2) is 0 Å². The Balaban J connectivity index is 0.00000182. The van der Waals surface area contributed by atoms with Gasteiger partial charge in [-0.05, 0) is 62.2 Å². The van der Waals surface area contributed by atoms with Crippen LogP contribution in [-0.2, 0) is 25.5 Å². The molecule has 1 unspecified atom stereocenters. The van der Waals surface area contributed by atoms with Gasteiger partial charge in [-0.15, -0.1) is 0 Å². The zero-order chi connectivity index (χ0) is 25.2. The highest BCUT2D eigenvalue weighted by molar-refractivity contribution is 6.30. The topological polar surface area (TPSA) is 114 Å². The Kier molecular flexibility index (Phi) is 15.4. The molecular formula is C25H34ClNO7. The van der Waals surface area contributed by atoms with E-state index in [1.165, 1.54) is 0 Å². The Morgan fingerprint density at radius 3 is 2.41 bits per heavy atom. The molecule has 2 aromatic rings. The van der Waals surface area contributed by atoms with Crippen molar-refractivity contribution in [2.75, 3.05) is 46.1 Å². The summed E-state index contributed by atoms with van der Waals surface area (Å²) in [6, 6.07) is 15.1. The summed E-state index contributed by atoms with van der Waals surface area (Å²) in [5.74, 6) is -2.29. The van der Waals surface area contributed by atoms with Crippen molar-refractivity contribution in [3.05, 3.63) is 64.7 Å². The molecule has 9 heteroatoms. The standard InChI is InChI=1S/C23H28ClNO6.C2H6O/c1-2-29-12-13-30-21-8-6-17(7-9-21)10-11-25-15-19(16-31-23(28)22(26)27)18-4-3-5-20(24)14-18;1-2-3/h3-9,14,19,25H,2,10-13,15-16H2,1H3,(H,26,27);3H,2H2,1H3. The number of rotatable bonds is 13. The molecule has 0 radical (unpaired) electrons. The van der Waals surface area contributed by atoms with E-state index in [2.05, 4.69) is 5.32 Å². The summed E-state index contributed by atoms with van der Waals surface area (Å²) in [7, 11) is 0. The van der Waals surface area contributed by atoms with Crippen LogP contribution in [-0.4, -0.2) is 68.3 Å². The molecule has 0 saturated carbocycles. The second-order valence-corrected chi connectivity index (χ2v) is 7.55. The van der Waals surface area contributed by atoms with Crippen molar-refractivity contribution in [2.45, 2.75) is 26.2 Å². The van der Waals surface area contributed by atoms with E-state index in [0.29, 0.717) is 37.9 Å². The number of carbonyl (C=O) groups is 2. The number of carbonyl (C=O) groups excluding carboxylic acids is 1. The number of aliphatic carboxylic acids is 1. The zero-order valence-corrected chi connectivity index (χ0v) is 20.4. The first-order valence-corrected chi connectivity index (χ1v) is 11.6. The lowest BCUT2D eigenvalue weighted by Gasteiger charge is -2.18. The molecule has 2 aromatic carbocycles. The fourth-order valence-electron chi connectivity index (χ4n) is 2.90. The monoisotopic (exact) mass is 495 g/mol. The molecule has 0 bridgehead atoms. The van der Waals surface area contributed by atoms with E-state index in [1.807, 2.05) is 43.3 Å². The average molecular weight is 496 g/mol. The maximum atomic E-state index is 11.3. The van der Waals surface area contributed by atoms with E-state index in [-0.39, 0.29) is 19.1 Å². The third-order valence-corrected chi connectivity index (χ3v) is 4.75. The Labute approximate surface area is 205 Å². The minimum atomic E-state index is -1.61. The van der Waals surface area contributed by atoms with Crippen LogP contribution in [0.1, 0.15) is 30.9 Å². The quantitative estimate of drug-likeness (QED) is 0.220. The molecule has 0 aromatic heterocycles. The molecule has 0 saturated heterocycles. The lowest BCUT2D eigenvalue weighted by molar-refractivity contribution is -0.164. The van der Waals surface area contributed by atoms with Crippen molar-refractivity contribution in [2.24, 2.45) is 0 Å². The Hall–Kier alpha value is -2.65. The van der Waals surface area contributed by atoms with Gasteiger partial charge < -0.3 is 29.7 Å². The molecule has 8 nitrogen and oxygen atoms in total. The number of esters is 1. The fourth-order valence-corrected chi connectivity index (χ4v) is 3.09. The van der Waals surface area contributed by atoms with Crippen LogP contribution in [0.15, 0.2) is 48.5 Å². The lowest BCUT2D eigenvalue weighted by atomic mass is 10.00. The van der Waals surface area contributed by atoms with Crippen molar-refractivity contribution in [1.29, 1.82) is 0 Å². The second-order valence-electron chi connectivity index (χ2n) is 7.12. The molecule has 0 aliphatic rings. The molecule has 1 atom stereocenters. The molecule has 2 rings (SSSR count). The van der Waals surface area contributed by atoms with E-state index in [1.54, 1.807) is 19.1 Å². The van der Waals surface area contributed by atoms with Crippen LogP contribution in [0.4, 0.5) is 0 Å². The molecule has 0 amide bonds. The minimum absolute atomic E-state index is 0.0493. The molecule has 188 valence electrons. The fraction of sp³-hybridized carbons (Fsp3) is 0.440. The number of aliphatic hydroxyl groups excluding tert-OH is 1. The first-order chi connectivity index (χ1) is 16.4. The summed E-state index contributed by atoms with van der Waals surface area (Å²) in [6.45, 7) is 6.80. The maximum Gasteiger partial charge on any atom is 0.417 e. The third kappa shape index (κ3) is 12.6. The van der Waals surface area contributed by atoms with Crippen LogP contribution >= 0.6 is 11.6 Å². The summed E-state index contributed by atoms with van der Waals surface area (Å²) >= 11 is 6.06. The summed E-state index contributed by atoms with van der Waals surface area (Å²) < 4.78 is 15.7. The van der Waals surface area contributed by atoms with Crippen LogP contribution in [0.2, 0.25) is 5.02 Å². The molecule has 34 heavy (non-hydrogen) atoms. The van der Waals surface area contributed by atoms with Gasteiger partial charge in [0.1, 0.15) is 12.4 Å². The minimum Gasteiger partial charge on any atom is -0.491 e. The van der Waals surface area contributed by atoms with Crippen LogP contribution in [0, 0.1) is 0 Å². The SMILES string of the molecule is CCO.CCOCCOc1ccc(CCNCC(COC(=O)C(=O)O)c2cccc(Cl)c2)cc1. The predicted molar refractivity (Wildman–Crippen MR) is 131 cm³/mol. The smallest absolute Gasteiger partial charge is 0.417 e.